The van der Waals surface area contributed by atoms with Gasteiger partial charge in [-0.1, -0.05) is 54.6 Å². The predicted octanol–water partition coefficient (Wildman–Crippen LogP) is 5.57. The molecule has 0 N–H and O–H groups in total. The van der Waals surface area contributed by atoms with Crippen LogP contribution in [-0.2, 0) is 17.8 Å². The van der Waals surface area contributed by atoms with Crippen molar-refractivity contribution in [1.82, 2.24) is 0 Å². The Morgan fingerprint density at radius 3 is 2.55 bits per heavy atom. The Balaban J connectivity index is 1.78. The lowest BCUT2D eigenvalue weighted by Crippen LogP contribution is -2.06. The summed E-state index contributed by atoms with van der Waals surface area (Å²) in [5.74, 6) is 0.320. The number of benzene rings is 2. The smallest absolute Gasteiger partial charge is 0.170 e. The molecule has 3 heteroatoms. The molecular formula is C26H24O3. The molecule has 29 heavy (non-hydrogen) atoms. The Hall–Kier alpha value is -3.42. The van der Waals surface area contributed by atoms with E-state index in [9.17, 15) is 9.59 Å². The highest BCUT2D eigenvalue weighted by atomic mass is 16.5. The van der Waals surface area contributed by atoms with E-state index >= 15 is 0 Å². The summed E-state index contributed by atoms with van der Waals surface area (Å²) >= 11 is 0. The van der Waals surface area contributed by atoms with E-state index in [2.05, 4.69) is 5.73 Å². The first-order chi connectivity index (χ1) is 14.1. The van der Waals surface area contributed by atoms with Crippen molar-refractivity contribution in [1.29, 1.82) is 0 Å². The molecule has 0 bridgehead atoms. The van der Waals surface area contributed by atoms with Crippen LogP contribution in [0.1, 0.15) is 41.3 Å². The molecule has 2 aromatic carbocycles. The standard InChI is InChI=1S/C26H24O3/c1-20(27)15-26(28)24-16-23(14-13-21-9-5-2-3-6-10-21)17-25(18-24)29-19-22-11-7-4-8-12-22/h2-9,11-12,16-18H,13-15,19H2,1H3. The fourth-order valence-corrected chi connectivity index (χ4v) is 3.05. The molecule has 1 aliphatic carbocycles. The van der Waals surface area contributed by atoms with Gasteiger partial charge < -0.3 is 4.74 Å². The molecule has 0 saturated heterocycles. The van der Waals surface area contributed by atoms with E-state index in [1.807, 2.05) is 72.8 Å². The Morgan fingerprint density at radius 2 is 1.76 bits per heavy atom. The van der Waals surface area contributed by atoms with Gasteiger partial charge in [-0.3, -0.25) is 9.59 Å². The molecule has 0 atom stereocenters. The van der Waals surface area contributed by atoms with Crippen LogP contribution in [0.4, 0.5) is 0 Å². The van der Waals surface area contributed by atoms with Crippen molar-refractivity contribution < 1.29 is 14.3 Å². The van der Waals surface area contributed by atoms with E-state index < -0.39 is 0 Å². The monoisotopic (exact) mass is 384 g/mol. The highest BCUT2D eigenvalue weighted by molar-refractivity contribution is 6.07. The molecule has 0 fully saturated rings. The number of carbonyl (C=O) groups is 2. The number of carbonyl (C=O) groups excluding carboxylic acids is 2. The molecule has 0 aromatic heterocycles. The van der Waals surface area contributed by atoms with Crippen molar-refractivity contribution in [2.75, 3.05) is 0 Å². The van der Waals surface area contributed by atoms with Crippen LogP contribution in [0.25, 0.3) is 0 Å². The summed E-state index contributed by atoms with van der Waals surface area (Å²) in [5, 5.41) is 0. The van der Waals surface area contributed by atoms with Gasteiger partial charge in [0.2, 0.25) is 0 Å². The Bertz CT molecular complexity index is 1000. The summed E-state index contributed by atoms with van der Waals surface area (Å²) in [6.07, 6.45) is 11.3. The Morgan fingerprint density at radius 1 is 0.931 bits per heavy atom. The number of rotatable bonds is 9. The number of Topliss-reactive ketones (excluding diaryl/α,β-unsaturated/α-hetero) is 2. The molecular weight excluding hydrogens is 360 g/mol. The molecule has 1 aliphatic rings. The van der Waals surface area contributed by atoms with E-state index in [4.69, 9.17) is 4.74 Å². The molecule has 2 aromatic rings. The molecule has 0 amide bonds. The second-order valence-corrected chi connectivity index (χ2v) is 7.02. The van der Waals surface area contributed by atoms with Gasteiger partial charge in [-0.15, -0.1) is 5.73 Å². The van der Waals surface area contributed by atoms with E-state index in [0.717, 1.165) is 29.5 Å². The quantitative estimate of drug-likeness (QED) is 0.323. The van der Waals surface area contributed by atoms with Crippen LogP contribution < -0.4 is 4.74 Å². The predicted molar refractivity (Wildman–Crippen MR) is 115 cm³/mol. The van der Waals surface area contributed by atoms with Crippen molar-refractivity contribution >= 4 is 11.6 Å². The third-order valence-electron chi connectivity index (χ3n) is 4.51. The lowest BCUT2D eigenvalue weighted by Gasteiger charge is -2.11. The summed E-state index contributed by atoms with van der Waals surface area (Å²) in [7, 11) is 0. The van der Waals surface area contributed by atoms with Crippen molar-refractivity contribution in [3.63, 3.8) is 0 Å². The number of allylic oxidation sites excluding steroid dienone is 5. The summed E-state index contributed by atoms with van der Waals surface area (Å²) in [5.41, 5.74) is 6.93. The maximum absolute atomic E-state index is 12.5. The van der Waals surface area contributed by atoms with Crippen LogP contribution >= 0.6 is 0 Å². The number of ether oxygens (including phenoxy) is 1. The van der Waals surface area contributed by atoms with E-state index in [-0.39, 0.29) is 18.0 Å². The normalized spacial score (nSPS) is 12.4. The summed E-state index contributed by atoms with van der Waals surface area (Å²) in [6, 6.07) is 15.4. The van der Waals surface area contributed by atoms with Gasteiger partial charge in [-0.25, -0.2) is 0 Å². The number of hydrogen-bond donors (Lipinski definition) is 0. The molecule has 0 spiro atoms. The van der Waals surface area contributed by atoms with Gasteiger partial charge in [0.1, 0.15) is 18.1 Å². The minimum atomic E-state index is -0.179. The molecule has 146 valence electrons. The Kier molecular flexibility index (Phi) is 7.16. The van der Waals surface area contributed by atoms with Crippen LogP contribution in [-0.4, -0.2) is 11.6 Å². The first kappa shape index (κ1) is 20.3. The minimum Gasteiger partial charge on any atom is -0.489 e. The summed E-state index contributed by atoms with van der Waals surface area (Å²) in [4.78, 5) is 23.9. The van der Waals surface area contributed by atoms with Gasteiger partial charge in [0.25, 0.3) is 0 Å². The number of ketones is 2. The number of aryl methyl sites for hydroxylation is 1. The number of hydrogen-bond acceptors (Lipinski definition) is 3. The van der Waals surface area contributed by atoms with Crippen LogP contribution in [0.2, 0.25) is 0 Å². The van der Waals surface area contributed by atoms with E-state index in [1.165, 1.54) is 6.92 Å². The highest BCUT2D eigenvalue weighted by Crippen LogP contribution is 2.22. The third-order valence-corrected chi connectivity index (χ3v) is 4.51. The molecule has 3 nitrogen and oxygen atoms in total. The zero-order valence-electron chi connectivity index (χ0n) is 16.6. The average molecular weight is 384 g/mol. The van der Waals surface area contributed by atoms with Crippen molar-refractivity contribution in [3.05, 3.63) is 107 Å². The second kappa shape index (κ2) is 10.2. The fraction of sp³-hybridized carbons (Fsp3) is 0.192. The first-order valence-corrected chi connectivity index (χ1v) is 9.72. The van der Waals surface area contributed by atoms with Gasteiger partial charge in [0.05, 0.1) is 6.42 Å². The van der Waals surface area contributed by atoms with Gasteiger partial charge in [0.15, 0.2) is 5.78 Å². The van der Waals surface area contributed by atoms with Crippen LogP contribution in [0.3, 0.4) is 0 Å². The molecule has 0 unspecified atom stereocenters. The SMILES string of the molecule is CC(=O)CC(=O)c1cc(CCC2=C=CC=CC=C2)cc(OCc2ccccc2)c1. The second-order valence-electron chi connectivity index (χ2n) is 7.02. The average Bonchev–Trinajstić information content (AvgIpc) is 3.00. The van der Waals surface area contributed by atoms with Crippen LogP contribution in [0.15, 0.2) is 90.2 Å². The summed E-state index contributed by atoms with van der Waals surface area (Å²) < 4.78 is 5.95. The van der Waals surface area contributed by atoms with Gasteiger partial charge in [0, 0.05) is 5.56 Å². The van der Waals surface area contributed by atoms with Crippen LogP contribution in [0.5, 0.6) is 5.75 Å². The van der Waals surface area contributed by atoms with E-state index in [1.54, 1.807) is 6.07 Å². The van der Waals surface area contributed by atoms with Crippen molar-refractivity contribution in [3.8, 4) is 5.75 Å². The maximum Gasteiger partial charge on any atom is 0.170 e. The molecule has 0 aliphatic heterocycles. The van der Waals surface area contributed by atoms with Crippen molar-refractivity contribution in [2.45, 2.75) is 32.8 Å². The summed E-state index contributed by atoms with van der Waals surface area (Å²) in [6.45, 7) is 1.85. The molecule has 0 heterocycles. The topological polar surface area (TPSA) is 43.4 Å². The molecule has 3 rings (SSSR count). The lowest BCUT2D eigenvalue weighted by molar-refractivity contribution is -0.116. The zero-order valence-corrected chi connectivity index (χ0v) is 16.6. The van der Waals surface area contributed by atoms with Gasteiger partial charge in [-0.05, 0) is 60.7 Å². The van der Waals surface area contributed by atoms with Gasteiger partial charge in [-0.2, -0.15) is 0 Å². The van der Waals surface area contributed by atoms with Gasteiger partial charge >= 0.3 is 0 Å². The third kappa shape index (κ3) is 6.60. The Labute approximate surface area is 171 Å². The lowest BCUT2D eigenvalue weighted by atomic mass is 9.99. The van der Waals surface area contributed by atoms with E-state index in [0.29, 0.717) is 17.9 Å². The first-order valence-electron chi connectivity index (χ1n) is 9.72. The molecule has 0 saturated carbocycles. The zero-order chi connectivity index (χ0) is 20.5. The minimum absolute atomic E-state index is 0.0934. The maximum atomic E-state index is 12.5. The largest absolute Gasteiger partial charge is 0.489 e. The molecule has 0 radical (unpaired) electrons. The highest BCUT2D eigenvalue weighted by Gasteiger charge is 2.12. The van der Waals surface area contributed by atoms with Crippen molar-refractivity contribution in [2.24, 2.45) is 0 Å². The van der Waals surface area contributed by atoms with Crippen LogP contribution in [0, 0.1) is 0 Å². The fourth-order valence-electron chi connectivity index (χ4n) is 3.05.